The van der Waals surface area contributed by atoms with Gasteiger partial charge in [-0.05, 0) is 36.1 Å². The van der Waals surface area contributed by atoms with Crippen LogP contribution < -0.4 is 11.1 Å². The Morgan fingerprint density at radius 2 is 2.00 bits per heavy atom. The lowest BCUT2D eigenvalue weighted by atomic mass is 9.99. The van der Waals surface area contributed by atoms with Gasteiger partial charge in [0.15, 0.2) is 0 Å². The highest BCUT2D eigenvalue weighted by molar-refractivity contribution is 5.87. The number of halogens is 1. The van der Waals surface area contributed by atoms with Crippen LogP contribution in [0.3, 0.4) is 0 Å². The number of hydrogen-bond donors (Lipinski definition) is 2. The lowest BCUT2D eigenvalue weighted by Gasteiger charge is -2.19. The molecule has 124 valence electrons. The quantitative estimate of drug-likeness (QED) is 0.903. The van der Waals surface area contributed by atoms with E-state index in [0.29, 0.717) is 6.54 Å². The van der Waals surface area contributed by atoms with Crippen molar-refractivity contribution in [3.8, 4) is 0 Å². The molecule has 1 saturated heterocycles. The van der Waals surface area contributed by atoms with Crippen molar-refractivity contribution in [1.82, 2.24) is 5.32 Å². The van der Waals surface area contributed by atoms with Gasteiger partial charge in [0.25, 0.3) is 0 Å². The fraction of sp³-hybridized carbons (Fsp3) is 0.389. The van der Waals surface area contributed by atoms with Crippen LogP contribution in [0.15, 0.2) is 42.5 Å². The van der Waals surface area contributed by atoms with Gasteiger partial charge in [-0.15, -0.1) is 12.4 Å². The van der Waals surface area contributed by atoms with Crippen LogP contribution in [0.4, 0.5) is 0 Å². The molecule has 3 rings (SSSR count). The van der Waals surface area contributed by atoms with Crippen LogP contribution in [0.25, 0.3) is 10.8 Å². The number of hydrogen-bond acceptors (Lipinski definition) is 3. The van der Waals surface area contributed by atoms with Gasteiger partial charge in [0, 0.05) is 6.54 Å². The van der Waals surface area contributed by atoms with E-state index in [9.17, 15) is 4.79 Å². The lowest BCUT2D eigenvalue weighted by molar-refractivity contribution is -0.132. The average Bonchev–Trinajstić information content (AvgIpc) is 3.03. The molecule has 4 nitrogen and oxygen atoms in total. The SMILES string of the molecule is CC(NC(=O)[C@@H]1CC[C@H](CN)O1)c1cccc2ccccc12.Cl. The van der Waals surface area contributed by atoms with E-state index in [0.717, 1.165) is 18.4 Å². The number of carbonyl (C=O) groups excluding carboxylic acids is 1. The third-order valence-corrected chi connectivity index (χ3v) is 4.31. The molecule has 0 aromatic heterocycles. The molecule has 2 aromatic rings. The van der Waals surface area contributed by atoms with E-state index in [1.54, 1.807) is 0 Å². The summed E-state index contributed by atoms with van der Waals surface area (Å²) in [6.45, 7) is 2.48. The van der Waals surface area contributed by atoms with Crippen molar-refractivity contribution < 1.29 is 9.53 Å². The average molecular weight is 335 g/mol. The van der Waals surface area contributed by atoms with Crippen LogP contribution in [0.2, 0.25) is 0 Å². The molecule has 2 aromatic carbocycles. The monoisotopic (exact) mass is 334 g/mol. The third-order valence-electron chi connectivity index (χ3n) is 4.31. The Labute approximate surface area is 142 Å². The van der Waals surface area contributed by atoms with Crippen molar-refractivity contribution in [2.24, 2.45) is 5.73 Å². The summed E-state index contributed by atoms with van der Waals surface area (Å²) in [7, 11) is 0. The zero-order valence-electron chi connectivity index (χ0n) is 13.2. The molecule has 0 aliphatic carbocycles. The van der Waals surface area contributed by atoms with Crippen LogP contribution in [0, 0.1) is 0 Å². The molecule has 1 amide bonds. The van der Waals surface area contributed by atoms with Gasteiger partial charge >= 0.3 is 0 Å². The highest BCUT2D eigenvalue weighted by atomic mass is 35.5. The Hall–Kier alpha value is -1.62. The van der Waals surface area contributed by atoms with Crippen LogP contribution in [-0.2, 0) is 9.53 Å². The second kappa shape index (κ2) is 7.77. The topological polar surface area (TPSA) is 64.4 Å². The van der Waals surface area contributed by atoms with Gasteiger partial charge < -0.3 is 15.8 Å². The summed E-state index contributed by atoms with van der Waals surface area (Å²) in [6, 6.07) is 14.3. The second-order valence-corrected chi connectivity index (χ2v) is 5.86. The predicted molar refractivity (Wildman–Crippen MR) is 94.7 cm³/mol. The molecule has 1 heterocycles. The minimum absolute atomic E-state index is 0. The normalized spacial score (nSPS) is 21.7. The number of nitrogens with one attached hydrogen (secondary N) is 1. The van der Waals surface area contributed by atoms with Crippen molar-refractivity contribution in [3.05, 3.63) is 48.0 Å². The van der Waals surface area contributed by atoms with Crippen LogP contribution in [0.1, 0.15) is 31.4 Å². The van der Waals surface area contributed by atoms with Gasteiger partial charge in [-0.25, -0.2) is 0 Å². The first-order chi connectivity index (χ1) is 10.7. The molecule has 23 heavy (non-hydrogen) atoms. The van der Waals surface area contributed by atoms with Crippen molar-refractivity contribution in [1.29, 1.82) is 0 Å². The summed E-state index contributed by atoms with van der Waals surface area (Å²) in [5, 5.41) is 5.42. The van der Waals surface area contributed by atoms with E-state index in [2.05, 4.69) is 29.6 Å². The summed E-state index contributed by atoms with van der Waals surface area (Å²) in [6.07, 6.45) is 1.25. The molecule has 1 aliphatic rings. The summed E-state index contributed by atoms with van der Waals surface area (Å²) >= 11 is 0. The van der Waals surface area contributed by atoms with Gasteiger partial charge in [-0.1, -0.05) is 42.5 Å². The number of benzene rings is 2. The Kier molecular flexibility index (Phi) is 5.99. The molecular formula is C18H23ClN2O2. The number of rotatable bonds is 4. The van der Waals surface area contributed by atoms with Crippen LogP contribution in [-0.4, -0.2) is 24.7 Å². The maximum absolute atomic E-state index is 12.3. The molecule has 0 saturated carbocycles. The van der Waals surface area contributed by atoms with Crippen molar-refractivity contribution in [2.75, 3.05) is 6.54 Å². The van der Waals surface area contributed by atoms with E-state index >= 15 is 0 Å². The van der Waals surface area contributed by atoms with Crippen molar-refractivity contribution in [2.45, 2.75) is 38.0 Å². The number of ether oxygens (including phenoxy) is 1. The van der Waals surface area contributed by atoms with Crippen LogP contribution in [0.5, 0.6) is 0 Å². The van der Waals surface area contributed by atoms with Gasteiger partial charge in [0.1, 0.15) is 6.10 Å². The molecule has 3 atom stereocenters. The van der Waals surface area contributed by atoms with E-state index in [4.69, 9.17) is 10.5 Å². The largest absolute Gasteiger partial charge is 0.364 e. The zero-order valence-corrected chi connectivity index (χ0v) is 14.0. The maximum atomic E-state index is 12.3. The van der Waals surface area contributed by atoms with E-state index < -0.39 is 0 Å². The maximum Gasteiger partial charge on any atom is 0.249 e. The molecule has 0 spiro atoms. The van der Waals surface area contributed by atoms with Gasteiger partial charge in [-0.3, -0.25) is 4.79 Å². The first-order valence-corrected chi connectivity index (χ1v) is 7.82. The first-order valence-electron chi connectivity index (χ1n) is 7.82. The number of nitrogens with two attached hydrogens (primary N) is 1. The summed E-state index contributed by atoms with van der Waals surface area (Å²) < 4.78 is 5.66. The smallest absolute Gasteiger partial charge is 0.249 e. The number of fused-ring (bicyclic) bond motifs is 1. The Balaban J connectivity index is 0.00000192. The van der Waals surface area contributed by atoms with Crippen LogP contribution >= 0.6 is 12.4 Å². The standard InChI is InChI=1S/C18H22N2O2.ClH/c1-12(20-18(21)17-10-9-14(11-19)22-17)15-8-4-6-13-5-2-3-7-16(13)15;/h2-8,12,14,17H,9-11,19H2,1H3,(H,20,21);1H/t12?,14-,17+;/m1./s1. The van der Waals surface area contributed by atoms with Gasteiger partial charge in [0.05, 0.1) is 12.1 Å². The Bertz CT molecular complexity index is 672. The molecule has 0 bridgehead atoms. The zero-order chi connectivity index (χ0) is 15.5. The number of carbonyl (C=O) groups is 1. The second-order valence-electron chi connectivity index (χ2n) is 5.86. The highest BCUT2D eigenvalue weighted by Gasteiger charge is 2.30. The van der Waals surface area contributed by atoms with Gasteiger partial charge in [0.2, 0.25) is 5.91 Å². The molecule has 1 unspecified atom stereocenters. The summed E-state index contributed by atoms with van der Waals surface area (Å²) in [5.74, 6) is -0.0450. The Morgan fingerprint density at radius 1 is 1.26 bits per heavy atom. The molecule has 0 radical (unpaired) electrons. The minimum Gasteiger partial charge on any atom is -0.364 e. The molecule has 1 aliphatic heterocycles. The molecule has 5 heteroatoms. The minimum atomic E-state index is -0.369. The van der Waals surface area contributed by atoms with Crippen molar-refractivity contribution in [3.63, 3.8) is 0 Å². The fourth-order valence-electron chi connectivity index (χ4n) is 3.08. The Morgan fingerprint density at radius 3 is 2.74 bits per heavy atom. The van der Waals surface area contributed by atoms with Crippen molar-refractivity contribution >= 4 is 29.1 Å². The predicted octanol–water partition coefficient (Wildman–Crippen LogP) is 2.95. The summed E-state index contributed by atoms with van der Waals surface area (Å²) in [5.41, 5.74) is 6.72. The molecule has 1 fully saturated rings. The van der Waals surface area contributed by atoms with E-state index in [1.165, 1.54) is 10.8 Å². The first kappa shape index (κ1) is 17.7. The fourth-order valence-corrected chi connectivity index (χ4v) is 3.08. The van der Waals surface area contributed by atoms with E-state index in [-0.39, 0.29) is 36.6 Å². The lowest BCUT2D eigenvalue weighted by Crippen LogP contribution is -2.37. The number of amides is 1. The molecule has 3 N–H and O–H groups in total. The third kappa shape index (κ3) is 3.83. The molecular weight excluding hydrogens is 312 g/mol. The highest BCUT2D eigenvalue weighted by Crippen LogP contribution is 2.25. The summed E-state index contributed by atoms with van der Waals surface area (Å²) in [4.78, 5) is 12.3. The van der Waals surface area contributed by atoms with Gasteiger partial charge in [-0.2, -0.15) is 0 Å². The van der Waals surface area contributed by atoms with E-state index in [1.807, 2.05) is 25.1 Å².